The van der Waals surface area contributed by atoms with Crippen LogP contribution in [0.1, 0.15) is 39.2 Å². The van der Waals surface area contributed by atoms with Gasteiger partial charge in [0.15, 0.2) is 5.78 Å². The van der Waals surface area contributed by atoms with E-state index in [1.54, 1.807) is 32.9 Å². The van der Waals surface area contributed by atoms with Crippen molar-refractivity contribution in [2.75, 3.05) is 6.61 Å². The second-order valence-corrected chi connectivity index (χ2v) is 6.78. The predicted octanol–water partition coefficient (Wildman–Crippen LogP) is 3.52. The molecule has 0 aliphatic rings. The van der Waals surface area contributed by atoms with E-state index in [9.17, 15) is 9.59 Å². The first-order valence-electron chi connectivity index (χ1n) is 7.07. The first-order chi connectivity index (χ1) is 10.2. The number of ether oxygens (including phenoxy) is 1. The molecule has 0 fully saturated rings. The fourth-order valence-corrected chi connectivity index (χ4v) is 1.95. The molecule has 0 aliphatic heterocycles. The van der Waals surface area contributed by atoms with Crippen LogP contribution in [0.4, 0.5) is 0 Å². The van der Waals surface area contributed by atoms with Gasteiger partial charge in [-0.1, -0.05) is 28.1 Å². The molecule has 0 spiro atoms. The second kappa shape index (κ2) is 8.25. The van der Waals surface area contributed by atoms with Gasteiger partial charge in [0, 0.05) is 17.5 Å². The van der Waals surface area contributed by atoms with Gasteiger partial charge in [-0.05, 0) is 51.0 Å². The quantitative estimate of drug-likeness (QED) is 0.361. The van der Waals surface area contributed by atoms with Crippen molar-refractivity contribution < 1.29 is 19.4 Å². The Labute approximate surface area is 139 Å². The number of aliphatic hydroxyl groups excluding tert-OH is 1. The van der Waals surface area contributed by atoms with Gasteiger partial charge < -0.3 is 9.84 Å². The van der Waals surface area contributed by atoms with Crippen molar-refractivity contribution in [2.45, 2.75) is 39.2 Å². The molecule has 0 unspecified atom stereocenters. The Kier molecular flexibility index (Phi) is 6.97. The van der Waals surface area contributed by atoms with Gasteiger partial charge >= 0.3 is 5.97 Å². The summed E-state index contributed by atoms with van der Waals surface area (Å²) < 4.78 is 6.21. The Bertz CT molecular complexity index is 553. The van der Waals surface area contributed by atoms with Gasteiger partial charge in [-0.15, -0.1) is 0 Å². The predicted molar refractivity (Wildman–Crippen MR) is 89.3 cm³/mol. The number of aliphatic hydroxyl groups is 1. The third-order valence-electron chi connectivity index (χ3n) is 2.66. The number of halogens is 1. The topological polar surface area (TPSA) is 63.6 Å². The lowest BCUT2D eigenvalue weighted by atomic mass is 10.0. The molecule has 120 valence electrons. The summed E-state index contributed by atoms with van der Waals surface area (Å²) in [7, 11) is 0. The normalized spacial score (nSPS) is 12.1. The van der Waals surface area contributed by atoms with E-state index in [4.69, 9.17) is 9.84 Å². The number of hydrogen-bond donors (Lipinski definition) is 1. The summed E-state index contributed by atoms with van der Waals surface area (Å²) in [6, 6.07) is 7.26. The van der Waals surface area contributed by atoms with Crippen LogP contribution in [0.2, 0.25) is 0 Å². The molecule has 0 bridgehead atoms. The molecule has 4 nitrogen and oxygen atoms in total. The Morgan fingerprint density at radius 2 is 1.82 bits per heavy atom. The summed E-state index contributed by atoms with van der Waals surface area (Å²) in [4.78, 5) is 24.5. The Hall–Kier alpha value is -1.46. The number of rotatable bonds is 6. The summed E-state index contributed by atoms with van der Waals surface area (Å²) in [5.41, 5.74) is 0.0692. The van der Waals surface area contributed by atoms with Gasteiger partial charge in [-0.25, -0.2) is 4.79 Å². The van der Waals surface area contributed by atoms with Gasteiger partial charge in [0.25, 0.3) is 0 Å². The molecule has 22 heavy (non-hydrogen) atoms. The molecule has 0 atom stereocenters. The maximum atomic E-state index is 12.3. The number of esters is 1. The van der Waals surface area contributed by atoms with Crippen molar-refractivity contribution in [3.8, 4) is 0 Å². The molecule has 1 N–H and O–H groups in total. The molecule has 0 aliphatic carbocycles. The zero-order chi connectivity index (χ0) is 16.8. The van der Waals surface area contributed by atoms with Crippen LogP contribution in [0.15, 0.2) is 34.3 Å². The van der Waals surface area contributed by atoms with E-state index in [1.807, 2.05) is 12.1 Å². The van der Waals surface area contributed by atoms with Crippen molar-refractivity contribution in [1.82, 2.24) is 0 Å². The molecule has 0 heterocycles. The first kappa shape index (κ1) is 18.6. The van der Waals surface area contributed by atoms with Crippen LogP contribution in [-0.2, 0) is 14.3 Å². The maximum absolute atomic E-state index is 12.3. The molecule has 0 saturated heterocycles. The highest BCUT2D eigenvalue weighted by Gasteiger charge is 2.24. The van der Waals surface area contributed by atoms with Gasteiger partial charge in [0.1, 0.15) is 11.2 Å². The van der Waals surface area contributed by atoms with E-state index in [1.165, 1.54) is 6.08 Å². The number of hydrogen-bond acceptors (Lipinski definition) is 4. The average molecular weight is 369 g/mol. The Balaban J connectivity index is 3.07. The second-order valence-electron chi connectivity index (χ2n) is 5.86. The molecule has 1 rings (SSSR count). The van der Waals surface area contributed by atoms with Crippen molar-refractivity contribution >= 4 is 33.8 Å². The summed E-state index contributed by atoms with van der Waals surface area (Å²) in [6.45, 7) is 5.16. The molecular formula is C17H21BrO4. The van der Waals surface area contributed by atoms with Crippen LogP contribution in [0.25, 0.3) is 6.08 Å². The highest BCUT2D eigenvalue weighted by atomic mass is 79.9. The third kappa shape index (κ3) is 6.54. The number of carbonyl (C=O) groups excluding carboxylic acids is 2. The molecule has 1 aromatic carbocycles. The van der Waals surface area contributed by atoms with E-state index in [0.717, 1.165) is 10.0 Å². The zero-order valence-electron chi connectivity index (χ0n) is 13.1. The van der Waals surface area contributed by atoms with Gasteiger partial charge in [-0.2, -0.15) is 0 Å². The highest BCUT2D eigenvalue weighted by Crippen LogP contribution is 2.18. The van der Waals surface area contributed by atoms with Crippen LogP contribution in [0.3, 0.4) is 0 Å². The van der Waals surface area contributed by atoms with Crippen molar-refractivity contribution in [3.63, 3.8) is 0 Å². The molecule has 1 aromatic rings. The van der Waals surface area contributed by atoms with E-state index < -0.39 is 11.6 Å². The lowest BCUT2D eigenvalue weighted by Crippen LogP contribution is -2.27. The van der Waals surface area contributed by atoms with Crippen LogP contribution < -0.4 is 0 Å². The van der Waals surface area contributed by atoms with E-state index in [-0.39, 0.29) is 24.4 Å². The van der Waals surface area contributed by atoms with Gasteiger partial charge in [0.2, 0.25) is 0 Å². The van der Waals surface area contributed by atoms with Crippen molar-refractivity contribution in [1.29, 1.82) is 0 Å². The summed E-state index contributed by atoms with van der Waals surface area (Å²) in [5, 5.41) is 8.85. The molecule has 5 heteroatoms. The van der Waals surface area contributed by atoms with Crippen LogP contribution in [-0.4, -0.2) is 29.1 Å². The smallest absolute Gasteiger partial charge is 0.342 e. The van der Waals surface area contributed by atoms with E-state index >= 15 is 0 Å². The summed E-state index contributed by atoms with van der Waals surface area (Å²) >= 11 is 3.34. The van der Waals surface area contributed by atoms with Crippen LogP contribution >= 0.6 is 15.9 Å². The Morgan fingerprint density at radius 1 is 1.23 bits per heavy atom. The number of Topliss-reactive ketones (excluding diaryl/α,β-unsaturated/α-hetero) is 1. The fourth-order valence-electron chi connectivity index (χ4n) is 1.69. The first-order valence-corrected chi connectivity index (χ1v) is 7.87. The molecule has 0 radical (unpaired) electrons. The van der Waals surface area contributed by atoms with Crippen LogP contribution in [0, 0.1) is 0 Å². The van der Waals surface area contributed by atoms with Gasteiger partial charge in [0.05, 0.1) is 0 Å². The van der Waals surface area contributed by atoms with Gasteiger partial charge in [-0.3, -0.25) is 4.79 Å². The molecule has 0 saturated carbocycles. The summed E-state index contributed by atoms with van der Waals surface area (Å²) in [6.07, 6.45) is 1.96. The van der Waals surface area contributed by atoms with Crippen molar-refractivity contribution in [2.24, 2.45) is 0 Å². The largest absolute Gasteiger partial charge is 0.456 e. The lowest BCUT2D eigenvalue weighted by molar-refractivity contribution is -0.150. The zero-order valence-corrected chi connectivity index (χ0v) is 14.6. The molecule has 0 amide bonds. The lowest BCUT2D eigenvalue weighted by Gasteiger charge is -2.20. The Morgan fingerprint density at radius 3 is 2.32 bits per heavy atom. The number of carbonyl (C=O) groups is 2. The van der Waals surface area contributed by atoms with Crippen LogP contribution in [0.5, 0.6) is 0 Å². The SMILES string of the molecule is CC(C)(C)OC(=O)/C(=C\c1ccc(Br)cc1)C(=O)CCCO. The number of benzene rings is 1. The minimum Gasteiger partial charge on any atom is -0.456 e. The third-order valence-corrected chi connectivity index (χ3v) is 3.19. The molecular weight excluding hydrogens is 348 g/mol. The standard InChI is InChI=1S/C17H21BrO4/c1-17(2,3)22-16(21)14(15(20)5-4-10-19)11-12-6-8-13(18)9-7-12/h6-9,11,19H,4-5,10H2,1-3H3/b14-11-. The minimum absolute atomic E-state index is 0.00528. The highest BCUT2D eigenvalue weighted by molar-refractivity contribution is 9.10. The fraction of sp³-hybridized carbons (Fsp3) is 0.412. The average Bonchev–Trinajstić information content (AvgIpc) is 2.42. The minimum atomic E-state index is -0.673. The summed E-state index contributed by atoms with van der Waals surface area (Å²) in [5.74, 6) is -0.968. The number of ketones is 1. The van der Waals surface area contributed by atoms with Crippen molar-refractivity contribution in [3.05, 3.63) is 39.9 Å². The van der Waals surface area contributed by atoms with E-state index in [0.29, 0.717) is 6.42 Å². The maximum Gasteiger partial charge on any atom is 0.342 e. The monoisotopic (exact) mass is 368 g/mol. The van der Waals surface area contributed by atoms with E-state index in [2.05, 4.69) is 15.9 Å². The molecule has 0 aromatic heterocycles.